The van der Waals surface area contributed by atoms with Crippen LogP contribution < -0.4 is 10.1 Å². The Kier molecular flexibility index (Phi) is 6.74. The second-order valence-corrected chi connectivity index (χ2v) is 8.15. The first-order valence-electron chi connectivity index (χ1n) is 10.4. The Morgan fingerprint density at radius 2 is 2.03 bits per heavy atom. The fraction of sp³-hybridized carbons (Fsp3) is 0.409. The van der Waals surface area contributed by atoms with E-state index in [2.05, 4.69) is 20.1 Å². The average Bonchev–Trinajstić information content (AvgIpc) is 3.44. The molecule has 0 spiro atoms. The van der Waals surface area contributed by atoms with Gasteiger partial charge < -0.3 is 14.5 Å². The monoisotopic (exact) mass is 426 g/mol. The van der Waals surface area contributed by atoms with E-state index in [1.165, 1.54) is 31.0 Å². The van der Waals surface area contributed by atoms with Gasteiger partial charge in [0.05, 0.1) is 24.3 Å². The molecule has 3 aromatic rings. The lowest BCUT2D eigenvalue weighted by molar-refractivity contribution is -0.113. The van der Waals surface area contributed by atoms with E-state index in [0.717, 1.165) is 23.8 Å². The summed E-state index contributed by atoms with van der Waals surface area (Å²) in [5.74, 6) is 2.24. The summed E-state index contributed by atoms with van der Waals surface area (Å²) in [5, 5.41) is 12.5. The quantitative estimate of drug-likeness (QED) is 0.500. The first kappa shape index (κ1) is 20.5. The molecule has 0 bridgehead atoms. The number of furan rings is 1. The number of amides is 1. The SMILES string of the molecule is CCOc1ccccc1NC(=O)CSc1nnc(-c2ccco2)n1C1CCCCC1. The lowest BCUT2D eigenvalue weighted by atomic mass is 9.95. The van der Waals surface area contributed by atoms with Crippen molar-refractivity contribution in [3.05, 3.63) is 42.7 Å². The van der Waals surface area contributed by atoms with Crippen LogP contribution in [0, 0.1) is 0 Å². The molecule has 0 aliphatic heterocycles. The Hall–Kier alpha value is -2.74. The Bertz CT molecular complexity index is 965. The second-order valence-electron chi connectivity index (χ2n) is 7.21. The van der Waals surface area contributed by atoms with Gasteiger partial charge in [0.1, 0.15) is 5.75 Å². The van der Waals surface area contributed by atoms with Crippen LogP contribution in [-0.2, 0) is 4.79 Å². The predicted octanol–water partition coefficient (Wildman–Crippen LogP) is 5.17. The topological polar surface area (TPSA) is 82.2 Å². The van der Waals surface area contributed by atoms with Gasteiger partial charge in [-0.25, -0.2) is 0 Å². The first-order valence-corrected chi connectivity index (χ1v) is 11.4. The van der Waals surface area contributed by atoms with E-state index in [-0.39, 0.29) is 11.7 Å². The highest BCUT2D eigenvalue weighted by atomic mass is 32.2. The molecule has 30 heavy (non-hydrogen) atoms. The van der Waals surface area contributed by atoms with Gasteiger partial charge >= 0.3 is 0 Å². The van der Waals surface area contributed by atoms with E-state index in [9.17, 15) is 4.79 Å². The first-order chi connectivity index (χ1) is 14.8. The third-order valence-corrected chi connectivity index (χ3v) is 6.08. The van der Waals surface area contributed by atoms with Crippen LogP contribution in [0.15, 0.2) is 52.2 Å². The maximum absolute atomic E-state index is 12.6. The van der Waals surface area contributed by atoms with Gasteiger partial charge in [0.15, 0.2) is 10.9 Å². The fourth-order valence-electron chi connectivity index (χ4n) is 3.79. The summed E-state index contributed by atoms with van der Waals surface area (Å²) in [6.45, 7) is 2.46. The number of nitrogens with one attached hydrogen (secondary N) is 1. The minimum absolute atomic E-state index is 0.107. The maximum atomic E-state index is 12.6. The number of thioether (sulfide) groups is 1. The molecule has 0 radical (unpaired) electrons. The molecule has 4 rings (SSSR count). The number of aromatic nitrogens is 3. The zero-order valence-corrected chi connectivity index (χ0v) is 17.9. The number of carbonyl (C=O) groups excluding carboxylic acids is 1. The van der Waals surface area contributed by atoms with Crippen LogP contribution in [0.2, 0.25) is 0 Å². The highest BCUT2D eigenvalue weighted by Gasteiger charge is 2.25. The van der Waals surface area contributed by atoms with Crippen LogP contribution >= 0.6 is 11.8 Å². The summed E-state index contributed by atoms with van der Waals surface area (Å²) < 4.78 is 13.3. The molecule has 1 aliphatic rings. The molecule has 0 saturated heterocycles. The zero-order chi connectivity index (χ0) is 20.8. The van der Waals surface area contributed by atoms with Crippen LogP contribution in [0.3, 0.4) is 0 Å². The van der Waals surface area contributed by atoms with Crippen molar-refractivity contribution in [1.29, 1.82) is 0 Å². The molecule has 158 valence electrons. The van der Waals surface area contributed by atoms with E-state index in [0.29, 0.717) is 29.8 Å². The van der Waals surface area contributed by atoms with Crippen LogP contribution in [0.4, 0.5) is 5.69 Å². The standard InChI is InChI=1S/C22H26N4O3S/c1-2-28-18-12-7-6-11-17(18)23-20(27)15-30-22-25-24-21(19-13-8-14-29-19)26(22)16-9-4-3-5-10-16/h6-8,11-14,16H,2-5,9-10,15H2,1H3,(H,23,27). The predicted molar refractivity (Wildman–Crippen MR) is 117 cm³/mol. The van der Waals surface area contributed by atoms with E-state index in [4.69, 9.17) is 9.15 Å². The third-order valence-electron chi connectivity index (χ3n) is 5.14. The minimum Gasteiger partial charge on any atom is -0.492 e. The highest BCUT2D eigenvalue weighted by Crippen LogP contribution is 2.35. The summed E-state index contributed by atoms with van der Waals surface area (Å²) in [4.78, 5) is 12.6. The molecular weight excluding hydrogens is 400 g/mol. The summed E-state index contributed by atoms with van der Waals surface area (Å²) in [7, 11) is 0. The molecular formula is C22H26N4O3S. The summed E-state index contributed by atoms with van der Waals surface area (Å²) >= 11 is 1.40. The van der Waals surface area contributed by atoms with Crippen molar-refractivity contribution < 1.29 is 13.9 Å². The van der Waals surface area contributed by atoms with Gasteiger partial charge in [-0.3, -0.25) is 9.36 Å². The van der Waals surface area contributed by atoms with Gasteiger partial charge in [-0.1, -0.05) is 43.2 Å². The number of carbonyl (C=O) groups is 1. The summed E-state index contributed by atoms with van der Waals surface area (Å²) in [5.41, 5.74) is 0.676. The van der Waals surface area contributed by atoms with Crippen LogP contribution in [0.5, 0.6) is 5.75 Å². The molecule has 2 heterocycles. The lowest BCUT2D eigenvalue weighted by Gasteiger charge is -2.25. The molecule has 7 nitrogen and oxygen atoms in total. The van der Waals surface area contributed by atoms with Crippen LogP contribution in [0.1, 0.15) is 45.1 Å². The van der Waals surface area contributed by atoms with E-state index >= 15 is 0 Å². The number of anilines is 1. The molecule has 1 N–H and O–H groups in total. The number of nitrogens with zero attached hydrogens (tertiary/aromatic N) is 3. The average molecular weight is 427 g/mol. The summed E-state index contributed by atoms with van der Waals surface area (Å²) in [6.07, 6.45) is 7.48. The van der Waals surface area contributed by atoms with Crippen molar-refractivity contribution in [3.8, 4) is 17.3 Å². The lowest BCUT2D eigenvalue weighted by Crippen LogP contribution is -2.17. The number of benzene rings is 1. The molecule has 1 amide bonds. The third kappa shape index (κ3) is 4.70. The Balaban J connectivity index is 1.49. The Morgan fingerprint density at radius 1 is 1.20 bits per heavy atom. The highest BCUT2D eigenvalue weighted by molar-refractivity contribution is 7.99. The number of ether oxygens (including phenoxy) is 1. The molecule has 1 aromatic carbocycles. The van der Waals surface area contributed by atoms with E-state index in [1.807, 2.05) is 43.3 Å². The van der Waals surface area contributed by atoms with Crippen LogP contribution in [0.25, 0.3) is 11.6 Å². The van der Waals surface area contributed by atoms with Gasteiger partial charge in [-0.2, -0.15) is 0 Å². The zero-order valence-electron chi connectivity index (χ0n) is 17.0. The van der Waals surface area contributed by atoms with E-state index in [1.54, 1.807) is 6.26 Å². The fourth-order valence-corrected chi connectivity index (χ4v) is 4.59. The minimum atomic E-state index is -0.107. The number of rotatable bonds is 8. The normalized spacial score (nSPS) is 14.6. The van der Waals surface area contributed by atoms with Gasteiger partial charge in [-0.15, -0.1) is 10.2 Å². The van der Waals surface area contributed by atoms with Crippen molar-refractivity contribution >= 4 is 23.4 Å². The number of para-hydroxylation sites is 2. The van der Waals surface area contributed by atoms with Crippen molar-refractivity contribution in [3.63, 3.8) is 0 Å². The largest absolute Gasteiger partial charge is 0.492 e. The number of hydrogen-bond acceptors (Lipinski definition) is 6. The summed E-state index contributed by atoms with van der Waals surface area (Å²) in [6, 6.07) is 11.5. The van der Waals surface area contributed by atoms with Gasteiger partial charge in [-0.05, 0) is 44.0 Å². The van der Waals surface area contributed by atoms with E-state index < -0.39 is 0 Å². The molecule has 8 heteroatoms. The van der Waals surface area contributed by atoms with Gasteiger partial charge in [0.25, 0.3) is 0 Å². The van der Waals surface area contributed by atoms with Gasteiger partial charge in [0.2, 0.25) is 11.7 Å². The Morgan fingerprint density at radius 3 is 2.80 bits per heavy atom. The van der Waals surface area contributed by atoms with Crippen molar-refractivity contribution in [2.24, 2.45) is 0 Å². The molecule has 1 saturated carbocycles. The smallest absolute Gasteiger partial charge is 0.234 e. The molecule has 0 unspecified atom stereocenters. The maximum Gasteiger partial charge on any atom is 0.234 e. The van der Waals surface area contributed by atoms with Crippen molar-refractivity contribution in [2.45, 2.75) is 50.2 Å². The molecule has 1 aliphatic carbocycles. The Labute approximate surface area is 180 Å². The van der Waals surface area contributed by atoms with Crippen molar-refractivity contribution in [2.75, 3.05) is 17.7 Å². The number of hydrogen-bond donors (Lipinski definition) is 1. The molecule has 1 fully saturated rings. The second kappa shape index (κ2) is 9.84. The van der Waals surface area contributed by atoms with Gasteiger partial charge in [0, 0.05) is 6.04 Å². The molecule has 0 atom stereocenters. The van der Waals surface area contributed by atoms with Crippen molar-refractivity contribution in [1.82, 2.24) is 14.8 Å². The molecule has 2 aromatic heterocycles. The van der Waals surface area contributed by atoms with Crippen LogP contribution in [-0.4, -0.2) is 33.0 Å².